The van der Waals surface area contributed by atoms with E-state index in [-0.39, 0.29) is 0 Å². The van der Waals surface area contributed by atoms with Crippen molar-refractivity contribution in [2.24, 2.45) is 5.92 Å². The number of hydrogen-bond donors (Lipinski definition) is 0. The van der Waals surface area contributed by atoms with E-state index >= 15 is 0 Å². The van der Waals surface area contributed by atoms with Crippen LogP contribution in [0, 0.1) is 5.92 Å². The summed E-state index contributed by atoms with van der Waals surface area (Å²) < 4.78 is 6.62. The smallest absolute Gasteiger partial charge is 0.192 e. The number of allylic oxidation sites excluding steroid dienone is 1. The molecule has 1 rings (SSSR count). The molecule has 0 saturated heterocycles. The van der Waals surface area contributed by atoms with E-state index in [1.54, 1.807) is 0 Å². The van der Waals surface area contributed by atoms with E-state index in [0.29, 0.717) is 11.1 Å². The molecule has 0 aliphatic heterocycles. The van der Waals surface area contributed by atoms with E-state index < -0.39 is 8.32 Å². The Kier molecular flexibility index (Phi) is 5.66. The molecule has 18 heavy (non-hydrogen) atoms. The molecule has 1 nitrogen and oxygen atoms in total. The maximum atomic E-state index is 6.62. The van der Waals surface area contributed by atoms with Gasteiger partial charge in [-0.3, -0.25) is 0 Å². The predicted molar refractivity (Wildman–Crippen MR) is 83.5 cm³/mol. The molecule has 0 N–H and O–H groups in total. The molecule has 1 fully saturated rings. The zero-order chi connectivity index (χ0) is 13.8. The minimum Gasteiger partial charge on any atom is -0.414 e. The van der Waals surface area contributed by atoms with E-state index in [1.807, 2.05) is 6.08 Å². The predicted octanol–water partition coefficient (Wildman–Crippen LogP) is 5.53. The lowest BCUT2D eigenvalue weighted by Gasteiger charge is -2.40. The van der Waals surface area contributed by atoms with Crippen molar-refractivity contribution in [3.8, 4) is 0 Å². The molecule has 1 aliphatic carbocycles. The van der Waals surface area contributed by atoms with Gasteiger partial charge in [0.05, 0.1) is 0 Å². The molecule has 2 atom stereocenters. The molecule has 0 heterocycles. The van der Waals surface area contributed by atoms with Crippen LogP contribution in [0.5, 0.6) is 0 Å². The van der Waals surface area contributed by atoms with Crippen LogP contribution >= 0.6 is 0 Å². The van der Waals surface area contributed by atoms with Gasteiger partial charge in [0, 0.05) is 6.10 Å². The van der Waals surface area contributed by atoms with Crippen LogP contribution in [0.15, 0.2) is 12.7 Å². The van der Waals surface area contributed by atoms with Crippen LogP contribution in [-0.2, 0) is 4.43 Å². The van der Waals surface area contributed by atoms with Gasteiger partial charge in [-0.2, -0.15) is 0 Å². The standard InChI is InChI=1S/C16H32OSi/c1-7-8-9-11-14-12-10-13-15(14)17-18(5,6)16(2,3)4/h7,14-15H,1,8-13H2,2-6H3. The van der Waals surface area contributed by atoms with Gasteiger partial charge in [-0.15, -0.1) is 6.58 Å². The molecule has 0 radical (unpaired) electrons. The Morgan fingerprint density at radius 2 is 1.94 bits per heavy atom. The molecule has 0 aromatic heterocycles. The first-order valence-electron chi connectivity index (χ1n) is 7.56. The van der Waals surface area contributed by atoms with Gasteiger partial charge in [-0.25, -0.2) is 0 Å². The summed E-state index contributed by atoms with van der Waals surface area (Å²) in [6.07, 6.45) is 10.4. The van der Waals surface area contributed by atoms with Crippen molar-refractivity contribution in [2.75, 3.05) is 0 Å². The average molecular weight is 269 g/mol. The Bertz CT molecular complexity index is 265. The molecule has 0 spiro atoms. The Labute approximate surface area is 115 Å². The topological polar surface area (TPSA) is 9.23 Å². The number of unbranched alkanes of at least 4 members (excludes halogenated alkanes) is 1. The summed E-state index contributed by atoms with van der Waals surface area (Å²) >= 11 is 0. The second-order valence-electron chi connectivity index (χ2n) is 7.33. The minimum atomic E-state index is -1.58. The highest BCUT2D eigenvalue weighted by molar-refractivity contribution is 6.74. The summed E-state index contributed by atoms with van der Waals surface area (Å²) in [4.78, 5) is 0. The van der Waals surface area contributed by atoms with Crippen LogP contribution < -0.4 is 0 Å². The molecule has 106 valence electrons. The van der Waals surface area contributed by atoms with E-state index in [2.05, 4.69) is 40.4 Å². The second kappa shape index (κ2) is 6.38. The highest BCUT2D eigenvalue weighted by Crippen LogP contribution is 2.41. The van der Waals surface area contributed by atoms with Gasteiger partial charge in [0.25, 0.3) is 0 Å². The van der Waals surface area contributed by atoms with E-state index in [9.17, 15) is 0 Å². The maximum absolute atomic E-state index is 6.62. The van der Waals surface area contributed by atoms with E-state index in [0.717, 1.165) is 12.3 Å². The normalized spacial score (nSPS) is 25.4. The number of rotatable bonds is 6. The molecule has 1 aliphatic rings. The zero-order valence-corrected chi connectivity index (χ0v) is 14.1. The van der Waals surface area contributed by atoms with Crippen molar-refractivity contribution >= 4 is 8.32 Å². The summed E-state index contributed by atoms with van der Waals surface area (Å²) in [6, 6.07) is 0. The first-order valence-corrected chi connectivity index (χ1v) is 10.5. The van der Waals surface area contributed by atoms with Gasteiger partial charge in [-0.1, -0.05) is 33.3 Å². The van der Waals surface area contributed by atoms with Crippen LogP contribution in [0.2, 0.25) is 18.1 Å². The lowest BCUT2D eigenvalue weighted by Crippen LogP contribution is -2.44. The Morgan fingerprint density at radius 3 is 2.50 bits per heavy atom. The van der Waals surface area contributed by atoms with Gasteiger partial charge < -0.3 is 4.43 Å². The minimum absolute atomic E-state index is 0.335. The molecule has 0 bridgehead atoms. The first kappa shape index (κ1) is 16.0. The molecular weight excluding hydrogens is 236 g/mol. The van der Waals surface area contributed by atoms with Crippen LogP contribution in [0.3, 0.4) is 0 Å². The summed E-state index contributed by atoms with van der Waals surface area (Å²) in [5.41, 5.74) is 0. The third-order valence-corrected chi connectivity index (χ3v) is 9.33. The Hall–Kier alpha value is -0.0831. The Morgan fingerprint density at radius 1 is 1.28 bits per heavy atom. The largest absolute Gasteiger partial charge is 0.414 e. The van der Waals surface area contributed by atoms with Crippen molar-refractivity contribution < 1.29 is 4.43 Å². The van der Waals surface area contributed by atoms with Crippen molar-refractivity contribution in [2.45, 2.75) is 83.5 Å². The fourth-order valence-corrected chi connectivity index (χ4v) is 3.99. The highest BCUT2D eigenvalue weighted by Gasteiger charge is 2.41. The average Bonchev–Trinajstić information content (AvgIpc) is 2.64. The summed E-state index contributed by atoms with van der Waals surface area (Å²) in [7, 11) is -1.58. The maximum Gasteiger partial charge on any atom is 0.192 e. The van der Waals surface area contributed by atoms with Crippen molar-refractivity contribution in [3.63, 3.8) is 0 Å². The molecule has 1 saturated carbocycles. The van der Waals surface area contributed by atoms with Gasteiger partial charge in [0.2, 0.25) is 0 Å². The van der Waals surface area contributed by atoms with Gasteiger partial charge >= 0.3 is 0 Å². The quantitative estimate of drug-likeness (QED) is 0.349. The lowest BCUT2D eigenvalue weighted by molar-refractivity contribution is 0.135. The summed E-state index contributed by atoms with van der Waals surface area (Å²) in [5, 5.41) is 0.335. The summed E-state index contributed by atoms with van der Waals surface area (Å²) in [6.45, 7) is 15.6. The monoisotopic (exact) mass is 268 g/mol. The van der Waals surface area contributed by atoms with E-state index in [1.165, 1.54) is 32.1 Å². The summed E-state index contributed by atoms with van der Waals surface area (Å²) in [5.74, 6) is 0.805. The van der Waals surface area contributed by atoms with Crippen LogP contribution in [0.4, 0.5) is 0 Å². The number of hydrogen-bond acceptors (Lipinski definition) is 1. The third-order valence-electron chi connectivity index (χ3n) is 4.82. The van der Waals surface area contributed by atoms with Gasteiger partial charge in [0.15, 0.2) is 8.32 Å². The van der Waals surface area contributed by atoms with Crippen LogP contribution in [-0.4, -0.2) is 14.4 Å². The lowest BCUT2D eigenvalue weighted by atomic mass is 9.99. The molecule has 0 amide bonds. The second-order valence-corrected chi connectivity index (χ2v) is 12.1. The fourth-order valence-electron chi connectivity index (χ4n) is 2.57. The third kappa shape index (κ3) is 4.24. The molecule has 0 aromatic rings. The van der Waals surface area contributed by atoms with Crippen molar-refractivity contribution in [3.05, 3.63) is 12.7 Å². The van der Waals surface area contributed by atoms with E-state index in [4.69, 9.17) is 4.43 Å². The Balaban J connectivity index is 2.52. The van der Waals surface area contributed by atoms with Crippen LogP contribution in [0.1, 0.15) is 59.3 Å². The molecular formula is C16H32OSi. The molecule has 2 unspecified atom stereocenters. The van der Waals surface area contributed by atoms with Gasteiger partial charge in [-0.05, 0) is 56.2 Å². The van der Waals surface area contributed by atoms with Gasteiger partial charge in [0.1, 0.15) is 0 Å². The molecule has 2 heteroatoms. The van der Waals surface area contributed by atoms with Crippen molar-refractivity contribution in [1.82, 2.24) is 0 Å². The highest BCUT2D eigenvalue weighted by atomic mass is 28.4. The molecule has 0 aromatic carbocycles. The van der Waals surface area contributed by atoms with Crippen molar-refractivity contribution in [1.29, 1.82) is 0 Å². The fraction of sp³-hybridized carbons (Fsp3) is 0.875. The first-order chi connectivity index (χ1) is 8.28. The van der Waals surface area contributed by atoms with Crippen LogP contribution in [0.25, 0.3) is 0 Å². The SMILES string of the molecule is C=CCCCC1CCCC1O[Si](C)(C)C(C)(C)C. The zero-order valence-electron chi connectivity index (χ0n) is 13.1.